The average Bonchev–Trinajstić information content (AvgIpc) is 3.77. The zero-order valence-corrected chi connectivity index (χ0v) is 25.7. The van der Waals surface area contributed by atoms with Gasteiger partial charge in [0.15, 0.2) is 0 Å². The lowest BCUT2D eigenvalue weighted by Gasteiger charge is -2.40. The fourth-order valence-electron chi connectivity index (χ4n) is 7.86. The highest BCUT2D eigenvalue weighted by molar-refractivity contribution is 5.95. The molecule has 0 aromatic heterocycles. The van der Waals surface area contributed by atoms with Gasteiger partial charge in [0, 0.05) is 59.1 Å². The zero-order valence-electron chi connectivity index (χ0n) is 25.7. The Morgan fingerprint density at radius 2 is 0.941 bits per heavy atom. The van der Waals surface area contributed by atoms with Crippen LogP contribution in [0.2, 0.25) is 0 Å². The molecule has 2 amide bonds. The average molecular weight is 743 g/mol. The highest BCUT2D eigenvalue weighted by Gasteiger charge is 2.84. The Balaban J connectivity index is 0.988. The second-order valence-electron chi connectivity index (χ2n) is 13.1. The van der Waals surface area contributed by atoms with Crippen LogP contribution in [0.25, 0.3) is 0 Å². The van der Waals surface area contributed by atoms with Crippen molar-refractivity contribution in [2.24, 2.45) is 45.7 Å². The first-order chi connectivity index (χ1) is 23.6. The summed E-state index contributed by atoms with van der Waals surface area (Å²) in [5, 5.41) is 7.13. The number of carbonyl (C=O) groups excluding carboxylic acids is 2. The van der Waals surface area contributed by atoms with Gasteiger partial charge in [0.2, 0.25) is 0 Å². The van der Waals surface area contributed by atoms with E-state index in [-0.39, 0.29) is 22.6 Å². The first-order valence-electron chi connectivity index (χ1n) is 15.4. The molecule has 2 aromatic carbocycles. The van der Waals surface area contributed by atoms with Crippen LogP contribution in [0.4, 0.5) is 52.7 Å². The van der Waals surface area contributed by atoms with Crippen molar-refractivity contribution in [2.75, 3.05) is 0 Å². The van der Waals surface area contributed by atoms with Crippen LogP contribution in [0, 0.1) is 35.5 Å². The van der Waals surface area contributed by atoms with Gasteiger partial charge < -0.3 is 4.74 Å². The molecule has 4 saturated carbocycles. The van der Waals surface area contributed by atoms with Crippen molar-refractivity contribution in [2.45, 2.75) is 61.2 Å². The molecule has 0 unspecified atom stereocenters. The van der Waals surface area contributed by atoms with Crippen molar-refractivity contribution >= 4 is 24.2 Å². The van der Waals surface area contributed by atoms with Gasteiger partial charge in [-0.25, -0.2) is 37.2 Å². The third-order valence-electron chi connectivity index (χ3n) is 10.4. The SMILES string of the molecule is O=C(N/N=C\[C@@H]1C[C@H]2C[C@H]1[C@](F)(C(F)(F)F)C2(F)F)c1ccc(Oc2ccc(C(=O)N/N=C\[C@H]3C[C@H]4C[C@H]3[C@@](F)(C(F)(F)F)C4(F)F)cc2)cc1. The maximum absolute atomic E-state index is 14.7. The number of fused-ring (bicyclic) bond motifs is 4. The number of ether oxygens (including phenoxy) is 1. The van der Waals surface area contributed by atoms with Crippen molar-refractivity contribution < 1.29 is 67.0 Å². The van der Waals surface area contributed by atoms with Crippen LogP contribution in [-0.4, -0.2) is 59.8 Å². The van der Waals surface area contributed by atoms with Gasteiger partial charge in [-0.2, -0.15) is 36.5 Å². The monoisotopic (exact) mass is 742 g/mol. The summed E-state index contributed by atoms with van der Waals surface area (Å²) in [6.07, 6.45) is -12.1. The molecule has 51 heavy (non-hydrogen) atoms. The molecular weight excluding hydrogens is 716 g/mol. The van der Waals surface area contributed by atoms with E-state index in [0.29, 0.717) is 0 Å². The van der Waals surface area contributed by atoms with Crippen LogP contribution in [0.15, 0.2) is 58.7 Å². The molecule has 4 bridgehead atoms. The number of carbonyl (C=O) groups is 2. The van der Waals surface area contributed by atoms with Crippen molar-refractivity contribution in [3.63, 3.8) is 0 Å². The van der Waals surface area contributed by atoms with Crippen molar-refractivity contribution in [1.29, 1.82) is 0 Å². The van der Waals surface area contributed by atoms with Crippen LogP contribution in [0.3, 0.4) is 0 Å². The quantitative estimate of drug-likeness (QED) is 0.163. The number of amides is 2. The number of halogens is 12. The summed E-state index contributed by atoms with van der Waals surface area (Å²) in [4.78, 5) is 24.9. The molecule has 8 atom stereocenters. The summed E-state index contributed by atoms with van der Waals surface area (Å²) in [6, 6.07) is 10.7. The number of nitrogens with zero attached hydrogens (tertiary/aromatic N) is 2. The lowest BCUT2D eigenvalue weighted by molar-refractivity contribution is -0.320. The maximum atomic E-state index is 14.7. The fourth-order valence-corrected chi connectivity index (χ4v) is 7.86. The van der Waals surface area contributed by atoms with Gasteiger partial charge in [-0.1, -0.05) is 0 Å². The molecule has 2 aromatic rings. The number of rotatable bonds is 8. The molecule has 276 valence electrons. The Labute approximate surface area is 280 Å². The second kappa shape index (κ2) is 12.1. The van der Waals surface area contributed by atoms with Gasteiger partial charge in [0.1, 0.15) is 11.5 Å². The molecule has 7 nitrogen and oxygen atoms in total. The van der Waals surface area contributed by atoms with Gasteiger partial charge in [-0.05, 0) is 74.2 Å². The third kappa shape index (κ3) is 5.70. The van der Waals surface area contributed by atoms with Crippen LogP contribution in [0.5, 0.6) is 11.5 Å². The Morgan fingerprint density at radius 3 is 1.24 bits per heavy atom. The maximum Gasteiger partial charge on any atom is 0.428 e. The van der Waals surface area contributed by atoms with E-state index in [9.17, 15) is 62.3 Å². The standard InChI is InChI=1S/C32H26F12N4O3/c33-27(31(39,40)41)23-11-19(29(27,35)36)9-17(23)13-45-47-25(49)15-1-5-21(6-2-15)51-22-7-3-16(4-8-22)26(50)48-46-14-18-10-20-12-24(18)28(34,30(20,37)38)32(42,43)44/h1-8,13-14,17-20,23-24H,9-12H2,(H,47,49)(H,48,50)/b45-13-,46-14-/t17-,18+,19-,20-,23+,24+,27+,28-/m0/s1. The number of alkyl halides is 12. The second-order valence-corrected chi connectivity index (χ2v) is 13.1. The summed E-state index contributed by atoms with van der Waals surface area (Å²) in [7, 11) is 0. The molecule has 19 heteroatoms. The van der Waals surface area contributed by atoms with Crippen LogP contribution in [-0.2, 0) is 0 Å². The first kappa shape index (κ1) is 36.5. The first-order valence-corrected chi connectivity index (χ1v) is 15.4. The normalized spacial score (nSPS) is 33.6. The Kier molecular flexibility index (Phi) is 8.68. The molecule has 0 spiro atoms. The van der Waals surface area contributed by atoms with Gasteiger partial charge >= 0.3 is 12.4 Å². The number of hydrogen-bond donors (Lipinski definition) is 2. The Morgan fingerprint density at radius 1 is 0.608 bits per heavy atom. The minimum atomic E-state index is -5.79. The number of benzene rings is 2. The molecule has 0 saturated heterocycles. The number of nitrogens with one attached hydrogen (secondary N) is 2. The molecular formula is C32H26F12N4O3. The van der Waals surface area contributed by atoms with E-state index in [1.807, 2.05) is 0 Å². The molecule has 6 rings (SSSR count). The van der Waals surface area contributed by atoms with E-state index < -0.39 is 109 Å². The summed E-state index contributed by atoms with van der Waals surface area (Å²) < 4.78 is 171. The molecule has 2 N–H and O–H groups in total. The number of hydrazone groups is 2. The smallest absolute Gasteiger partial charge is 0.428 e. The zero-order chi connectivity index (χ0) is 37.4. The van der Waals surface area contributed by atoms with E-state index in [1.165, 1.54) is 48.5 Å². The van der Waals surface area contributed by atoms with Crippen molar-refractivity contribution in [3.8, 4) is 11.5 Å². The summed E-state index contributed by atoms with van der Waals surface area (Å²) in [6.45, 7) is 0. The van der Waals surface area contributed by atoms with E-state index in [2.05, 4.69) is 21.1 Å². The number of hydrogen-bond acceptors (Lipinski definition) is 5. The summed E-state index contributed by atoms with van der Waals surface area (Å²) >= 11 is 0. The van der Waals surface area contributed by atoms with E-state index in [1.54, 1.807) is 0 Å². The molecule has 4 fully saturated rings. The topological polar surface area (TPSA) is 92.1 Å². The Hall–Kier alpha value is -4.32. The van der Waals surface area contributed by atoms with Crippen molar-refractivity contribution in [1.82, 2.24) is 10.9 Å². The minimum Gasteiger partial charge on any atom is -0.457 e. The van der Waals surface area contributed by atoms with Gasteiger partial charge in [0.05, 0.1) is 0 Å². The lowest BCUT2D eigenvalue weighted by atomic mass is 9.76. The molecule has 0 heterocycles. The molecule has 4 aliphatic rings. The predicted octanol–water partition coefficient (Wildman–Crippen LogP) is 8.03. The molecule has 4 aliphatic carbocycles. The summed E-state index contributed by atoms with van der Waals surface area (Å²) in [5.41, 5.74) is -5.21. The molecule has 0 aliphatic heterocycles. The minimum absolute atomic E-state index is 0.0245. The van der Waals surface area contributed by atoms with Gasteiger partial charge in [-0.15, -0.1) is 0 Å². The van der Waals surface area contributed by atoms with E-state index in [0.717, 1.165) is 12.4 Å². The van der Waals surface area contributed by atoms with E-state index >= 15 is 0 Å². The predicted molar refractivity (Wildman–Crippen MR) is 154 cm³/mol. The highest BCUT2D eigenvalue weighted by Crippen LogP contribution is 2.69. The fraction of sp³-hybridized carbons (Fsp3) is 0.500. The third-order valence-corrected chi connectivity index (χ3v) is 10.4. The van der Waals surface area contributed by atoms with Gasteiger partial charge in [-0.3, -0.25) is 9.59 Å². The summed E-state index contributed by atoms with van der Waals surface area (Å²) in [5.74, 6) is -20.6. The Bertz CT molecular complexity index is 1600. The lowest BCUT2D eigenvalue weighted by Crippen LogP contribution is -2.60. The van der Waals surface area contributed by atoms with Gasteiger partial charge in [0.25, 0.3) is 35.0 Å². The largest absolute Gasteiger partial charge is 0.457 e. The molecule has 0 radical (unpaired) electrons. The van der Waals surface area contributed by atoms with Crippen LogP contribution in [0.1, 0.15) is 46.4 Å². The highest BCUT2D eigenvalue weighted by atomic mass is 19.4. The van der Waals surface area contributed by atoms with Crippen LogP contribution >= 0.6 is 0 Å². The van der Waals surface area contributed by atoms with E-state index in [4.69, 9.17) is 4.74 Å². The van der Waals surface area contributed by atoms with Crippen molar-refractivity contribution in [3.05, 3.63) is 59.7 Å². The van der Waals surface area contributed by atoms with Crippen LogP contribution < -0.4 is 15.6 Å².